The average Bonchev–Trinajstić information content (AvgIpc) is 2.47. The van der Waals surface area contributed by atoms with Crippen LogP contribution in [-0.4, -0.2) is 80.3 Å². The molecule has 0 bridgehead atoms. The number of hydrogen-bond acceptors (Lipinski definition) is 7. The van der Waals surface area contributed by atoms with Gasteiger partial charge in [0.25, 0.3) is 0 Å². The summed E-state index contributed by atoms with van der Waals surface area (Å²) in [7, 11) is 2.84. The van der Waals surface area contributed by atoms with Gasteiger partial charge in [0.05, 0.1) is 40.3 Å². The lowest BCUT2D eigenvalue weighted by Crippen LogP contribution is -2.39. The highest BCUT2D eigenvalue weighted by Gasteiger charge is 2.42. The fourth-order valence-corrected chi connectivity index (χ4v) is 3.66. The van der Waals surface area contributed by atoms with Gasteiger partial charge in [0.1, 0.15) is 24.1 Å². The number of likely N-dealkylation sites (N-methyl/N-ethyl adjacent to an activating group) is 1. The van der Waals surface area contributed by atoms with E-state index in [1.54, 1.807) is 20.8 Å². The molecule has 1 N–H and O–H groups in total. The quantitative estimate of drug-likeness (QED) is 0.150. The first-order valence-electron chi connectivity index (χ1n) is 8.39. The summed E-state index contributed by atoms with van der Waals surface area (Å²) in [5.74, 6) is -1.07. The number of methoxy groups -OCH3 is 1. The molecular weight excluding hydrogens is 445 g/mol. The number of carbonyl (C=O) groups is 2. The van der Waals surface area contributed by atoms with Crippen molar-refractivity contribution in [1.82, 2.24) is 0 Å². The number of carbonyl (C=O) groups excluding carboxylic acids is 2. The lowest BCUT2D eigenvalue weighted by molar-refractivity contribution is -0.870. The number of quaternary nitrogens is 1. The Morgan fingerprint density at radius 1 is 1.04 bits per heavy atom. The van der Waals surface area contributed by atoms with Crippen molar-refractivity contribution >= 4 is 35.7 Å². The summed E-state index contributed by atoms with van der Waals surface area (Å²) in [5, 5.41) is 0. The van der Waals surface area contributed by atoms with E-state index in [2.05, 4.69) is 15.9 Å². The van der Waals surface area contributed by atoms with Crippen LogP contribution in [0.25, 0.3) is 0 Å². The minimum atomic E-state index is -4.20. The van der Waals surface area contributed by atoms with Gasteiger partial charge in [-0.1, -0.05) is 15.9 Å². The zero-order valence-corrected chi connectivity index (χ0v) is 19.6. The number of ether oxygens (including phenoxy) is 2. The molecule has 11 heteroatoms. The standard InChI is InChI=1S/C16H31BrNO8P/c1-15(2,13(19)23-7)12-16(3,17)14(20)24-10-11-26-27(21,22)25-9-8-18(4,5)6/h8-12H2,1-7H3/p+1. The van der Waals surface area contributed by atoms with Crippen molar-refractivity contribution < 1.29 is 42.1 Å². The first-order valence-corrected chi connectivity index (χ1v) is 10.7. The van der Waals surface area contributed by atoms with Crippen LogP contribution in [0.4, 0.5) is 0 Å². The van der Waals surface area contributed by atoms with Crippen molar-refractivity contribution in [2.24, 2.45) is 5.41 Å². The van der Waals surface area contributed by atoms with E-state index < -0.39 is 29.5 Å². The van der Waals surface area contributed by atoms with Gasteiger partial charge < -0.3 is 18.9 Å². The Morgan fingerprint density at radius 3 is 2.04 bits per heavy atom. The zero-order valence-electron chi connectivity index (χ0n) is 17.1. The molecule has 0 aliphatic carbocycles. The van der Waals surface area contributed by atoms with Gasteiger partial charge in [0, 0.05) is 0 Å². The molecule has 2 unspecified atom stereocenters. The number of hydrogen-bond donors (Lipinski definition) is 1. The maximum atomic E-state index is 12.2. The van der Waals surface area contributed by atoms with Gasteiger partial charge >= 0.3 is 19.8 Å². The Morgan fingerprint density at radius 2 is 1.56 bits per heavy atom. The van der Waals surface area contributed by atoms with E-state index in [0.29, 0.717) is 11.0 Å². The number of esters is 2. The van der Waals surface area contributed by atoms with Crippen LogP contribution in [0.1, 0.15) is 27.2 Å². The van der Waals surface area contributed by atoms with E-state index in [1.807, 2.05) is 21.1 Å². The summed E-state index contributed by atoms with van der Waals surface area (Å²) in [4.78, 5) is 33.6. The number of halogens is 1. The predicted octanol–water partition coefficient (Wildman–Crippen LogP) is 2.11. The van der Waals surface area contributed by atoms with Gasteiger partial charge in [0.15, 0.2) is 0 Å². The van der Waals surface area contributed by atoms with Crippen LogP contribution >= 0.6 is 23.8 Å². The van der Waals surface area contributed by atoms with Gasteiger partial charge in [-0.05, 0) is 27.2 Å². The molecule has 0 aliphatic rings. The van der Waals surface area contributed by atoms with E-state index in [0.717, 1.165) is 0 Å². The van der Waals surface area contributed by atoms with Crippen LogP contribution in [0.3, 0.4) is 0 Å². The van der Waals surface area contributed by atoms with Crippen molar-refractivity contribution in [1.29, 1.82) is 0 Å². The highest BCUT2D eigenvalue weighted by Crippen LogP contribution is 2.43. The summed E-state index contributed by atoms with van der Waals surface area (Å²) in [5.41, 5.74) is -0.900. The van der Waals surface area contributed by atoms with Gasteiger partial charge in [-0.3, -0.25) is 18.6 Å². The molecule has 0 saturated carbocycles. The number of phosphoric acid groups is 1. The molecule has 0 aromatic heterocycles. The maximum absolute atomic E-state index is 12.2. The molecular formula is C16H32BrNO8P+. The summed E-state index contributed by atoms with van der Waals surface area (Å²) < 4.78 is 30.6. The topological polar surface area (TPSA) is 108 Å². The molecule has 2 atom stereocenters. The molecule has 0 amide bonds. The second-order valence-corrected chi connectivity index (χ2v) is 11.2. The molecule has 0 fully saturated rings. The number of alkyl halides is 1. The molecule has 0 saturated heterocycles. The van der Waals surface area contributed by atoms with E-state index >= 15 is 0 Å². The Bertz CT molecular complexity index is 559. The lowest BCUT2D eigenvalue weighted by atomic mass is 9.83. The third-order valence-corrected chi connectivity index (χ3v) is 5.15. The van der Waals surface area contributed by atoms with Crippen molar-refractivity contribution in [3.8, 4) is 0 Å². The second kappa shape index (κ2) is 10.3. The summed E-state index contributed by atoms with van der Waals surface area (Å²) in [6.07, 6.45) is 0.138. The van der Waals surface area contributed by atoms with Gasteiger partial charge in [-0.25, -0.2) is 4.57 Å². The third kappa shape index (κ3) is 11.2. The molecule has 0 aliphatic heterocycles. The summed E-state index contributed by atoms with van der Waals surface area (Å²) >= 11 is 3.27. The Balaban J connectivity index is 4.38. The SMILES string of the molecule is COC(=O)C(C)(C)CC(C)(Br)C(=O)OCCOP(=O)(O)OCC[N+](C)(C)C. The smallest absolute Gasteiger partial charge is 0.469 e. The highest BCUT2D eigenvalue weighted by atomic mass is 79.9. The third-order valence-electron chi connectivity index (χ3n) is 3.52. The average molecular weight is 477 g/mol. The van der Waals surface area contributed by atoms with Gasteiger partial charge in [0.2, 0.25) is 0 Å². The van der Waals surface area contributed by atoms with Crippen molar-refractivity contribution in [3.05, 3.63) is 0 Å². The van der Waals surface area contributed by atoms with E-state index in [-0.39, 0.29) is 26.2 Å². The van der Waals surface area contributed by atoms with E-state index in [9.17, 15) is 19.0 Å². The predicted molar refractivity (Wildman–Crippen MR) is 103 cm³/mol. The minimum absolute atomic E-state index is 0.0547. The van der Waals surface area contributed by atoms with Crippen LogP contribution in [0.5, 0.6) is 0 Å². The summed E-state index contributed by atoms with van der Waals surface area (Å²) in [6, 6.07) is 0. The first kappa shape index (κ1) is 26.5. The molecule has 160 valence electrons. The normalized spacial score (nSPS) is 16.9. The van der Waals surface area contributed by atoms with Crippen molar-refractivity contribution in [2.45, 2.75) is 31.5 Å². The fourth-order valence-electron chi connectivity index (χ4n) is 2.16. The van der Waals surface area contributed by atoms with Crippen LogP contribution < -0.4 is 0 Å². The Kier molecular flexibility index (Phi) is 10.1. The van der Waals surface area contributed by atoms with Gasteiger partial charge in [-0.15, -0.1) is 0 Å². The molecule has 0 rings (SSSR count). The maximum Gasteiger partial charge on any atom is 0.472 e. The van der Waals surface area contributed by atoms with Crippen LogP contribution in [0.15, 0.2) is 0 Å². The van der Waals surface area contributed by atoms with Crippen LogP contribution in [0, 0.1) is 5.41 Å². The molecule has 0 spiro atoms. The molecule has 0 radical (unpaired) electrons. The number of nitrogens with zero attached hydrogens (tertiary/aromatic N) is 1. The Hall–Kier alpha value is -0.510. The van der Waals surface area contributed by atoms with Crippen molar-refractivity contribution in [2.75, 3.05) is 54.6 Å². The molecule has 27 heavy (non-hydrogen) atoms. The minimum Gasteiger partial charge on any atom is -0.469 e. The largest absolute Gasteiger partial charge is 0.472 e. The molecule has 0 aromatic carbocycles. The molecule has 9 nitrogen and oxygen atoms in total. The molecule has 0 aromatic rings. The first-order chi connectivity index (χ1) is 12.0. The van der Waals surface area contributed by atoms with Gasteiger partial charge in [-0.2, -0.15) is 0 Å². The van der Waals surface area contributed by atoms with Crippen LogP contribution in [-0.2, 0) is 32.7 Å². The monoisotopic (exact) mass is 476 g/mol. The van der Waals surface area contributed by atoms with E-state index in [4.69, 9.17) is 18.5 Å². The highest BCUT2D eigenvalue weighted by molar-refractivity contribution is 9.10. The van der Waals surface area contributed by atoms with Crippen molar-refractivity contribution in [3.63, 3.8) is 0 Å². The fraction of sp³-hybridized carbons (Fsp3) is 0.875. The Labute approximate surface area is 169 Å². The molecule has 0 heterocycles. The zero-order chi connectivity index (χ0) is 21.5. The van der Waals surface area contributed by atoms with E-state index in [1.165, 1.54) is 7.11 Å². The number of rotatable bonds is 12. The summed E-state index contributed by atoms with van der Waals surface area (Å²) in [6.45, 7) is 4.94. The van der Waals surface area contributed by atoms with Crippen LogP contribution in [0.2, 0.25) is 0 Å². The lowest BCUT2D eigenvalue weighted by Gasteiger charge is -2.29. The number of phosphoric ester groups is 1. The second-order valence-electron chi connectivity index (χ2n) is 8.03.